The fraction of sp³-hybridized carbons (Fsp3) is 0.0500. The van der Waals surface area contributed by atoms with Crippen molar-refractivity contribution >= 4 is 16.6 Å². The Balaban J connectivity index is 1.79. The van der Waals surface area contributed by atoms with Crippen LogP contribution in [0.5, 0.6) is 0 Å². The molecule has 3 heteroatoms. The van der Waals surface area contributed by atoms with Crippen molar-refractivity contribution in [1.82, 2.24) is 4.98 Å². The average Bonchev–Trinajstić information content (AvgIpc) is 3.15. The summed E-state index contributed by atoms with van der Waals surface area (Å²) in [6.07, 6.45) is 3.52. The van der Waals surface area contributed by atoms with Gasteiger partial charge in [0, 0.05) is 11.6 Å². The Bertz CT molecular complexity index is 896. The molecule has 0 amide bonds. The van der Waals surface area contributed by atoms with Gasteiger partial charge in [0.05, 0.1) is 17.5 Å². The van der Waals surface area contributed by atoms with Crippen LogP contribution in [0.25, 0.3) is 10.9 Å². The first kappa shape index (κ1) is 13.6. The van der Waals surface area contributed by atoms with Crippen molar-refractivity contribution in [3.05, 3.63) is 96.6 Å². The van der Waals surface area contributed by atoms with E-state index in [2.05, 4.69) is 34.6 Å². The monoisotopic (exact) mass is 300 g/mol. The van der Waals surface area contributed by atoms with Gasteiger partial charge in [-0.3, -0.25) is 4.98 Å². The fourth-order valence-electron chi connectivity index (χ4n) is 2.80. The van der Waals surface area contributed by atoms with Gasteiger partial charge < -0.3 is 9.73 Å². The number of nitrogens with one attached hydrogen (secondary N) is 1. The molecule has 0 fully saturated rings. The van der Waals surface area contributed by atoms with E-state index in [0.29, 0.717) is 0 Å². The molecule has 0 aliphatic heterocycles. The van der Waals surface area contributed by atoms with Gasteiger partial charge in [-0.15, -0.1) is 0 Å². The zero-order chi connectivity index (χ0) is 15.5. The van der Waals surface area contributed by atoms with Gasteiger partial charge in [-0.05, 0) is 29.8 Å². The highest BCUT2D eigenvalue weighted by atomic mass is 16.3. The highest BCUT2D eigenvalue weighted by Gasteiger charge is 2.17. The molecule has 0 aliphatic rings. The number of fused-ring (bicyclic) bond motifs is 1. The van der Waals surface area contributed by atoms with Crippen LogP contribution in [0.4, 0.5) is 5.69 Å². The van der Waals surface area contributed by atoms with Crippen LogP contribution >= 0.6 is 0 Å². The van der Waals surface area contributed by atoms with Crippen LogP contribution in [0, 0.1) is 0 Å². The maximum Gasteiger partial charge on any atom is 0.130 e. The molecule has 0 spiro atoms. The van der Waals surface area contributed by atoms with Gasteiger partial charge in [0.15, 0.2) is 0 Å². The van der Waals surface area contributed by atoms with Crippen LogP contribution in [0.3, 0.4) is 0 Å². The van der Waals surface area contributed by atoms with Gasteiger partial charge >= 0.3 is 0 Å². The number of pyridine rings is 1. The van der Waals surface area contributed by atoms with E-state index in [1.807, 2.05) is 54.7 Å². The van der Waals surface area contributed by atoms with E-state index in [4.69, 9.17) is 4.42 Å². The number of aromatic nitrogens is 1. The fourth-order valence-corrected chi connectivity index (χ4v) is 2.80. The SMILES string of the molecule is c1ccc(C(Nc2cccc3cccnc23)c2ccco2)cc1. The van der Waals surface area contributed by atoms with Gasteiger partial charge in [-0.2, -0.15) is 0 Å². The summed E-state index contributed by atoms with van der Waals surface area (Å²) in [5.41, 5.74) is 3.10. The Morgan fingerprint density at radius 3 is 2.52 bits per heavy atom. The van der Waals surface area contributed by atoms with Gasteiger partial charge in [-0.1, -0.05) is 48.5 Å². The van der Waals surface area contributed by atoms with Gasteiger partial charge in [0.1, 0.15) is 11.8 Å². The number of nitrogens with zero attached hydrogens (tertiary/aromatic N) is 1. The highest BCUT2D eigenvalue weighted by Crippen LogP contribution is 2.30. The van der Waals surface area contributed by atoms with E-state index >= 15 is 0 Å². The van der Waals surface area contributed by atoms with Gasteiger partial charge in [0.2, 0.25) is 0 Å². The number of hydrogen-bond acceptors (Lipinski definition) is 3. The number of furan rings is 1. The van der Waals surface area contributed by atoms with E-state index in [-0.39, 0.29) is 6.04 Å². The van der Waals surface area contributed by atoms with Crippen LogP contribution < -0.4 is 5.32 Å². The lowest BCUT2D eigenvalue weighted by molar-refractivity contribution is 0.499. The molecule has 2 aromatic carbocycles. The molecule has 3 nitrogen and oxygen atoms in total. The molecule has 2 heterocycles. The standard InChI is InChI=1S/C20H16N2O/c1-2-7-16(8-3-1)20(18-12-6-14-23-18)22-17-11-4-9-15-10-5-13-21-19(15)17/h1-14,20,22H. The molecule has 4 aromatic rings. The quantitative estimate of drug-likeness (QED) is 0.574. The first-order valence-corrected chi connectivity index (χ1v) is 7.60. The Labute approximate surface area is 134 Å². The summed E-state index contributed by atoms with van der Waals surface area (Å²) >= 11 is 0. The van der Waals surface area contributed by atoms with Crippen LogP contribution in [0.2, 0.25) is 0 Å². The maximum atomic E-state index is 5.65. The Kier molecular flexibility index (Phi) is 3.53. The lowest BCUT2D eigenvalue weighted by Gasteiger charge is -2.19. The Hall–Kier alpha value is -3.07. The number of rotatable bonds is 4. The molecule has 0 bridgehead atoms. The van der Waals surface area contributed by atoms with Crippen molar-refractivity contribution in [3.8, 4) is 0 Å². The average molecular weight is 300 g/mol. The number of benzene rings is 2. The molecule has 1 unspecified atom stereocenters. The minimum atomic E-state index is -0.0567. The van der Waals surface area contributed by atoms with E-state index in [1.54, 1.807) is 6.26 Å². The third-order valence-corrected chi connectivity index (χ3v) is 3.89. The molecule has 0 radical (unpaired) electrons. The summed E-state index contributed by atoms with van der Waals surface area (Å²) in [5, 5.41) is 4.70. The van der Waals surface area contributed by atoms with Gasteiger partial charge in [-0.25, -0.2) is 0 Å². The van der Waals surface area contributed by atoms with Crippen molar-refractivity contribution < 1.29 is 4.42 Å². The summed E-state index contributed by atoms with van der Waals surface area (Å²) < 4.78 is 5.65. The maximum absolute atomic E-state index is 5.65. The van der Waals surface area contributed by atoms with Crippen LogP contribution in [0.1, 0.15) is 17.4 Å². The van der Waals surface area contributed by atoms with Crippen LogP contribution in [-0.4, -0.2) is 4.98 Å². The van der Waals surface area contributed by atoms with Crippen molar-refractivity contribution in [3.63, 3.8) is 0 Å². The third-order valence-electron chi connectivity index (χ3n) is 3.89. The third kappa shape index (κ3) is 2.69. The molecule has 1 atom stereocenters. The molecule has 23 heavy (non-hydrogen) atoms. The van der Waals surface area contributed by atoms with Crippen molar-refractivity contribution in [2.24, 2.45) is 0 Å². The van der Waals surface area contributed by atoms with E-state index in [1.165, 1.54) is 0 Å². The minimum absolute atomic E-state index is 0.0567. The molecule has 112 valence electrons. The summed E-state index contributed by atoms with van der Waals surface area (Å²) in [4.78, 5) is 4.52. The van der Waals surface area contributed by atoms with Gasteiger partial charge in [0.25, 0.3) is 0 Å². The minimum Gasteiger partial charge on any atom is -0.467 e. The van der Waals surface area contributed by atoms with Crippen LogP contribution in [-0.2, 0) is 0 Å². The molecule has 0 saturated heterocycles. The molecule has 4 rings (SSSR count). The predicted octanol–water partition coefficient (Wildman–Crippen LogP) is 5.03. The highest BCUT2D eigenvalue weighted by molar-refractivity contribution is 5.90. The first-order valence-electron chi connectivity index (χ1n) is 7.60. The Morgan fingerprint density at radius 1 is 0.826 bits per heavy atom. The molecular weight excluding hydrogens is 284 g/mol. The zero-order valence-corrected chi connectivity index (χ0v) is 12.5. The summed E-state index contributed by atoms with van der Waals surface area (Å²) in [6, 6.07) is 24.3. The lowest BCUT2D eigenvalue weighted by Crippen LogP contribution is -2.12. The molecule has 2 aromatic heterocycles. The molecule has 1 N–H and O–H groups in total. The van der Waals surface area contributed by atoms with E-state index < -0.39 is 0 Å². The summed E-state index contributed by atoms with van der Waals surface area (Å²) in [5.74, 6) is 0.879. The normalized spacial score (nSPS) is 12.2. The second-order valence-electron chi connectivity index (χ2n) is 5.38. The first-order chi connectivity index (χ1) is 11.4. The predicted molar refractivity (Wildman–Crippen MR) is 92.4 cm³/mol. The van der Waals surface area contributed by atoms with Crippen molar-refractivity contribution in [1.29, 1.82) is 0 Å². The number of hydrogen-bond donors (Lipinski definition) is 1. The lowest BCUT2D eigenvalue weighted by atomic mass is 10.0. The molecule has 0 aliphatic carbocycles. The smallest absolute Gasteiger partial charge is 0.130 e. The molecular formula is C20H16N2O. The summed E-state index contributed by atoms with van der Waals surface area (Å²) in [6.45, 7) is 0. The number of anilines is 1. The molecule has 0 saturated carbocycles. The largest absolute Gasteiger partial charge is 0.467 e. The second kappa shape index (κ2) is 5.97. The Morgan fingerprint density at radius 2 is 1.70 bits per heavy atom. The topological polar surface area (TPSA) is 38.1 Å². The van der Waals surface area contributed by atoms with E-state index in [9.17, 15) is 0 Å². The van der Waals surface area contributed by atoms with E-state index in [0.717, 1.165) is 27.9 Å². The van der Waals surface area contributed by atoms with Crippen molar-refractivity contribution in [2.45, 2.75) is 6.04 Å². The summed E-state index contributed by atoms with van der Waals surface area (Å²) in [7, 11) is 0. The van der Waals surface area contributed by atoms with Crippen molar-refractivity contribution in [2.75, 3.05) is 5.32 Å². The van der Waals surface area contributed by atoms with Crippen LogP contribution in [0.15, 0.2) is 89.7 Å². The zero-order valence-electron chi connectivity index (χ0n) is 12.5. The number of para-hydroxylation sites is 1. The second-order valence-corrected chi connectivity index (χ2v) is 5.38.